The van der Waals surface area contributed by atoms with Crippen LogP contribution in [0.2, 0.25) is 0 Å². The van der Waals surface area contributed by atoms with Gasteiger partial charge in [0.25, 0.3) is 5.91 Å². The van der Waals surface area contributed by atoms with Crippen molar-refractivity contribution >= 4 is 43.5 Å². The Kier molecular flexibility index (Phi) is 8.02. The van der Waals surface area contributed by atoms with Gasteiger partial charge in [-0.25, -0.2) is 8.42 Å². The number of hydrogen-bond donors (Lipinski definition) is 3. The third kappa shape index (κ3) is 6.62. The van der Waals surface area contributed by atoms with Crippen molar-refractivity contribution in [2.75, 3.05) is 5.32 Å². The van der Waals surface area contributed by atoms with Crippen LogP contribution < -0.4 is 20.5 Å². The zero-order chi connectivity index (χ0) is 26.4. The highest BCUT2D eigenvalue weighted by molar-refractivity contribution is 9.10. The quantitative estimate of drug-likeness (QED) is 0.257. The first-order valence-corrected chi connectivity index (χ1v) is 13.3. The number of carbonyl (C=O) groups is 2. The molecule has 0 fully saturated rings. The summed E-state index contributed by atoms with van der Waals surface area (Å²) in [6.07, 6.45) is 0. The lowest BCUT2D eigenvalue weighted by atomic mass is 10.1. The van der Waals surface area contributed by atoms with E-state index >= 15 is 0 Å². The molecule has 10 heteroatoms. The number of benzene rings is 4. The molecular weight excluding hydrogens is 558 g/mol. The Labute approximate surface area is 222 Å². The summed E-state index contributed by atoms with van der Waals surface area (Å²) in [5.74, 6) is -0.464. The first kappa shape index (κ1) is 26.1. The van der Waals surface area contributed by atoms with Crippen molar-refractivity contribution < 1.29 is 22.7 Å². The molecule has 8 nitrogen and oxygen atoms in total. The van der Waals surface area contributed by atoms with Crippen LogP contribution in [0.25, 0.3) is 0 Å². The molecule has 0 saturated carbocycles. The van der Waals surface area contributed by atoms with Crippen LogP contribution in [0.1, 0.15) is 22.0 Å². The topological polar surface area (TPSA) is 128 Å². The monoisotopic (exact) mass is 579 g/mol. The molecule has 188 valence electrons. The molecule has 4 N–H and O–H groups in total. The summed E-state index contributed by atoms with van der Waals surface area (Å²) >= 11 is 3.27. The summed E-state index contributed by atoms with van der Waals surface area (Å²) in [7, 11) is -4.02. The van der Waals surface area contributed by atoms with E-state index in [4.69, 9.17) is 10.5 Å². The molecule has 0 saturated heterocycles. The van der Waals surface area contributed by atoms with Crippen molar-refractivity contribution in [3.05, 3.63) is 119 Å². The third-order valence-electron chi connectivity index (χ3n) is 5.28. The summed E-state index contributed by atoms with van der Waals surface area (Å²) in [6.45, 7) is 0. The normalized spacial score (nSPS) is 11.9. The zero-order valence-corrected chi connectivity index (χ0v) is 21.7. The van der Waals surface area contributed by atoms with Crippen molar-refractivity contribution in [2.45, 2.75) is 10.9 Å². The Morgan fingerprint density at radius 2 is 1.51 bits per heavy atom. The predicted molar refractivity (Wildman–Crippen MR) is 144 cm³/mol. The molecule has 4 rings (SSSR count). The Hall–Kier alpha value is -3.99. The van der Waals surface area contributed by atoms with Gasteiger partial charge in [-0.1, -0.05) is 64.5 Å². The van der Waals surface area contributed by atoms with Gasteiger partial charge in [0.15, 0.2) is 0 Å². The number of para-hydroxylation sites is 1. The first-order chi connectivity index (χ1) is 17.7. The van der Waals surface area contributed by atoms with Crippen LogP contribution in [-0.2, 0) is 14.8 Å². The van der Waals surface area contributed by atoms with Gasteiger partial charge in [-0.3, -0.25) is 9.59 Å². The molecule has 0 heterocycles. The van der Waals surface area contributed by atoms with E-state index in [-0.39, 0.29) is 10.5 Å². The average Bonchev–Trinajstić information content (AvgIpc) is 2.89. The highest BCUT2D eigenvalue weighted by atomic mass is 79.9. The summed E-state index contributed by atoms with van der Waals surface area (Å²) < 4.78 is 35.0. The molecule has 37 heavy (non-hydrogen) atoms. The van der Waals surface area contributed by atoms with Crippen molar-refractivity contribution in [3.63, 3.8) is 0 Å². The second kappa shape index (κ2) is 11.4. The smallest absolute Gasteiger partial charge is 0.252 e. The van der Waals surface area contributed by atoms with E-state index in [2.05, 4.69) is 26.0 Å². The highest BCUT2D eigenvalue weighted by Gasteiger charge is 2.27. The van der Waals surface area contributed by atoms with E-state index < -0.39 is 27.9 Å². The number of anilines is 1. The molecule has 4 aromatic carbocycles. The van der Waals surface area contributed by atoms with E-state index in [9.17, 15) is 18.0 Å². The molecule has 0 bridgehead atoms. The zero-order valence-electron chi connectivity index (χ0n) is 19.3. The fourth-order valence-electron chi connectivity index (χ4n) is 3.48. The maximum Gasteiger partial charge on any atom is 0.252 e. The first-order valence-electron chi connectivity index (χ1n) is 11.0. The van der Waals surface area contributed by atoms with Crippen LogP contribution in [0.5, 0.6) is 11.5 Å². The van der Waals surface area contributed by atoms with E-state index in [1.807, 2.05) is 0 Å². The highest BCUT2D eigenvalue weighted by Crippen LogP contribution is 2.27. The summed E-state index contributed by atoms with van der Waals surface area (Å²) in [5.41, 5.74) is 6.53. The van der Waals surface area contributed by atoms with Gasteiger partial charge in [0.2, 0.25) is 15.9 Å². The number of ether oxygens (including phenoxy) is 1. The van der Waals surface area contributed by atoms with E-state index in [0.29, 0.717) is 27.2 Å². The molecule has 0 aliphatic rings. The van der Waals surface area contributed by atoms with Crippen LogP contribution in [0.4, 0.5) is 5.69 Å². The number of primary amides is 1. The lowest BCUT2D eigenvalue weighted by Gasteiger charge is -2.19. The lowest BCUT2D eigenvalue weighted by molar-refractivity contribution is -0.117. The Balaban J connectivity index is 1.53. The molecule has 0 aliphatic carbocycles. The Morgan fingerprint density at radius 1 is 0.838 bits per heavy atom. The van der Waals surface area contributed by atoms with Crippen LogP contribution in [0.3, 0.4) is 0 Å². The minimum absolute atomic E-state index is 0.0216. The number of nitrogens with one attached hydrogen (secondary N) is 2. The van der Waals surface area contributed by atoms with Gasteiger partial charge in [-0.05, 0) is 60.2 Å². The minimum atomic E-state index is -4.02. The number of sulfonamides is 1. The Morgan fingerprint density at radius 3 is 2.19 bits per heavy atom. The number of amides is 2. The second-order valence-electron chi connectivity index (χ2n) is 7.90. The van der Waals surface area contributed by atoms with Gasteiger partial charge in [-0.15, -0.1) is 0 Å². The van der Waals surface area contributed by atoms with Crippen molar-refractivity contribution in [1.29, 1.82) is 0 Å². The second-order valence-corrected chi connectivity index (χ2v) is 10.5. The van der Waals surface area contributed by atoms with Gasteiger partial charge in [0, 0.05) is 10.2 Å². The Bertz CT molecular complexity index is 1530. The third-order valence-corrected chi connectivity index (χ3v) is 7.19. The van der Waals surface area contributed by atoms with Crippen molar-refractivity contribution in [1.82, 2.24) is 4.72 Å². The lowest BCUT2D eigenvalue weighted by Crippen LogP contribution is -2.37. The molecule has 0 spiro atoms. The fourth-order valence-corrected chi connectivity index (χ4v) is 5.26. The molecule has 0 aliphatic heterocycles. The van der Waals surface area contributed by atoms with E-state index in [1.165, 1.54) is 12.1 Å². The van der Waals surface area contributed by atoms with Gasteiger partial charge in [0.1, 0.15) is 17.5 Å². The maximum absolute atomic E-state index is 13.3. The molecule has 0 aromatic heterocycles. The number of hydrogen-bond acceptors (Lipinski definition) is 5. The number of carbonyl (C=O) groups excluding carboxylic acids is 2. The van der Waals surface area contributed by atoms with Crippen LogP contribution in [0, 0.1) is 0 Å². The molecular formula is C27H22BrN3O5S. The molecule has 0 radical (unpaired) electrons. The van der Waals surface area contributed by atoms with Gasteiger partial charge in [-0.2, -0.15) is 4.72 Å². The molecule has 2 amide bonds. The van der Waals surface area contributed by atoms with Crippen molar-refractivity contribution in [3.8, 4) is 11.5 Å². The van der Waals surface area contributed by atoms with Gasteiger partial charge < -0.3 is 15.8 Å². The molecule has 1 unspecified atom stereocenters. The summed E-state index contributed by atoms with van der Waals surface area (Å²) in [6, 6.07) is 26.6. The maximum atomic E-state index is 13.3. The molecule has 1 atom stereocenters. The SMILES string of the molecule is NC(=O)c1ccccc1Oc1ccc(NC(=O)C(NS(=O)(=O)c2cccc(Br)c2)c2ccccc2)cc1. The van der Waals surface area contributed by atoms with E-state index in [1.54, 1.807) is 91.0 Å². The molecule has 4 aromatic rings. The summed E-state index contributed by atoms with van der Waals surface area (Å²) in [5, 5.41) is 2.74. The number of halogens is 1. The predicted octanol–water partition coefficient (Wildman–Crippen LogP) is 5.00. The number of rotatable bonds is 9. The van der Waals surface area contributed by atoms with Crippen LogP contribution >= 0.6 is 15.9 Å². The van der Waals surface area contributed by atoms with E-state index in [0.717, 1.165) is 0 Å². The standard InChI is InChI=1S/C27H22BrN3O5S/c28-19-9-6-10-22(17-19)37(34,35)31-25(18-7-2-1-3-8-18)27(33)30-20-13-15-21(16-14-20)36-24-12-5-4-11-23(24)26(29)32/h1-17,25,31H,(H2,29,32)(H,30,33). The van der Waals surface area contributed by atoms with Crippen LogP contribution in [-0.4, -0.2) is 20.2 Å². The van der Waals surface area contributed by atoms with Crippen molar-refractivity contribution in [2.24, 2.45) is 5.73 Å². The van der Waals surface area contributed by atoms with Gasteiger partial charge >= 0.3 is 0 Å². The largest absolute Gasteiger partial charge is 0.457 e. The summed E-state index contributed by atoms with van der Waals surface area (Å²) in [4.78, 5) is 24.9. The fraction of sp³-hybridized carbons (Fsp3) is 0.0370. The number of nitrogens with two attached hydrogens (primary N) is 1. The van der Waals surface area contributed by atoms with Crippen LogP contribution in [0.15, 0.2) is 112 Å². The minimum Gasteiger partial charge on any atom is -0.457 e. The van der Waals surface area contributed by atoms with Gasteiger partial charge in [0.05, 0.1) is 10.5 Å². The average molecular weight is 580 g/mol.